The van der Waals surface area contributed by atoms with E-state index in [1.165, 1.54) is 12.3 Å². The van der Waals surface area contributed by atoms with Crippen molar-refractivity contribution in [1.82, 2.24) is 10.3 Å². The highest BCUT2D eigenvalue weighted by Crippen LogP contribution is 2.25. The predicted molar refractivity (Wildman–Crippen MR) is 61.3 cm³/mol. The number of non-ortho nitro benzene ring substituents is 1. The zero-order valence-corrected chi connectivity index (χ0v) is 9.51. The predicted octanol–water partition coefficient (Wildman–Crippen LogP) is 2.11. The Morgan fingerprint density at radius 3 is 2.94 bits per heavy atom. The molecule has 0 saturated carbocycles. The first-order valence-electron chi connectivity index (χ1n) is 5.14. The number of nitrogens with one attached hydrogen (secondary N) is 1. The molecule has 7 heteroatoms. The lowest BCUT2D eigenvalue weighted by Crippen LogP contribution is -2.04. The average molecular weight is 251 g/mol. The Morgan fingerprint density at radius 2 is 2.28 bits per heavy atom. The summed E-state index contributed by atoms with van der Waals surface area (Å²) >= 11 is 0. The highest BCUT2D eigenvalue weighted by molar-refractivity contribution is 5.58. The molecule has 1 heterocycles. The van der Waals surface area contributed by atoms with E-state index in [0.717, 1.165) is 12.1 Å². The Hall–Kier alpha value is -2.28. The van der Waals surface area contributed by atoms with Gasteiger partial charge in [-0.1, -0.05) is 0 Å². The minimum Gasteiger partial charge on any atom is -0.444 e. The van der Waals surface area contributed by atoms with Crippen LogP contribution < -0.4 is 5.32 Å². The number of hydrogen-bond acceptors (Lipinski definition) is 5. The number of rotatable bonds is 4. The van der Waals surface area contributed by atoms with Gasteiger partial charge in [0.2, 0.25) is 5.89 Å². The van der Waals surface area contributed by atoms with E-state index >= 15 is 0 Å². The molecule has 0 saturated heterocycles. The monoisotopic (exact) mass is 251 g/mol. The van der Waals surface area contributed by atoms with Crippen LogP contribution in [0.5, 0.6) is 0 Å². The van der Waals surface area contributed by atoms with Gasteiger partial charge in [0.1, 0.15) is 12.1 Å². The summed E-state index contributed by atoms with van der Waals surface area (Å²) in [6, 6.07) is 3.21. The van der Waals surface area contributed by atoms with Crippen molar-refractivity contribution < 1.29 is 13.7 Å². The Labute approximate surface area is 102 Å². The van der Waals surface area contributed by atoms with Crippen LogP contribution in [-0.2, 0) is 6.54 Å². The molecule has 1 aromatic heterocycles. The van der Waals surface area contributed by atoms with Crippen LogP contribution in [0.4, 0.5) is 10.1 Å². The molecule has 18 heavy (non-hydrogen) atoms. The highest BCUT2D eigenvalue weighted by atomic mass is 19.1. The number of oxazole rings is 1. The lowest BCUT2D eigenvalue weighted by molar-refractivity contribution is -0.385. The van der Waals surface area contributed by atoms with Crippen LogP contribution in [0.3, 0.4) is 0 Å². The molecule has 0 amide bonds. The molecule has 6 nitrogen and oxygen atoms in total. The van der Waals surface area contributed by atoms with E-state index in [0.29, 0.717) is 12.2 Å². The fourth-order valence-electron chi connectivity index (χ4n) is 1.50. The Kier molecular flexibility index (Phi) is 3.33. The largest absolute Gasteiger partial charge is 0.444 e. The van der Waals surface area contributed by atoms with Gasteiger partial charge in [-0.05, 0) is 13.1 Å². The second kappa shape index (κ2) is 4.92. The second-order valence-electron chi connectivity index (χ2n) is 3.63. The van der Waals surface area contributed by atoms with Gasteiger partial charge in [-0.15, -0.1) is 0 Å². The third kappa shape index (κ3) is 2.51. The number of aromatic nitrogens is 1. The quantitative estimate of drug-likeness (QED) is 0.664. The molecule has 2 rings (SSSR count). The van der Waals surface area contributed by atoms with E-state index in [9.17, 15) is 14.5 Å². The van der Waals surface area contributed by atoms with Crippen molar-refractivity contribution in [3.63, 3.8) is 0 Å². The third-order valence-electron chi connectivity index (χ3n) is 2.25. The summed E-state index contributed by atoms with van der Waals surface area (Å²) in [5.74, 6) is -0.546. The summed E-state index contributed by atoms with van der Waals surface area (Å²) < 4.78 is 18.4. The van der Waals surface area contributed by atoms with Crippen LogP contribution >= 0.6 is 0 Å². The first-order chi connectivity index (χ1) is 8.60. The van der Waals surface area contributed by atoms with Gasteiger partial charge >= 0.3 is 0 Å². The maximum atomic E-state index is 13.2. The first-order valence-corrected chi connectivity index (χ1v) is 5.14. The van der Waals surface area contributed by atoms with E-state index in [1.807, 2.05) is 0 Å². The maximum Gasteiger partial charge on any atom is 0.273 e. The molecular formula is C11H10FN3O3. The van der Waals surface area contributed by atoms with E-state index in [2.05, 4.69) is 10.3 Å². The highest BCUT2D eigenvalue weighted by Gasteiger charge is 2.14. The molecule has 0 radical (unpaired) electrons. The van der Waals surface area contributed by atoms with Gasteiger partial charge in [0.25, 0.3) is 5.69 Å². The molecule has 1 N–H and O–H groups in total. The fraction of sp³-hybridized carbons (Fsp3) is 0.182. The van der Waals surface area contributed by atoms with Crippen LogP contribution in [0.2, 0.25) is 0 Å². The van der Waals surface area contributed by atoms with Gasteiger partial charge in [-0.25, -0.2) is 9.37 Å². The topological polar surface area (TPSA) is 81.2 Å². The maximum absolute atomic E-state index is 13.2. The molecule has 0 aliphatic rings. The number of benzene rings is 1. The summed E-state index contributed by atoms with van der Waals surface area (Å²) in [5.41, 5.74) is 0.543. The summed E-state index contributed by atoms with van der Waals surface area (Å²) in [5, 5.41) is 13.5. The van der Waals surface area contributed by atoms with Crippen molar-refractivity contribution in [2.45, 2.75) is 6.54 Å². The van der Waals surface area contributed by atoms with Crippen molar-refractivity contribution in [2.24, 2.45) is 0 Å². The molecule has 2 aromatic rings. The van der Waals surface area contributed by atoms with Crippen molar-refractivity contribution in [3.8, 4) is 11.5 Å². The van der Waals surface area contributed by atoms with Gasteiger partial charge in [-0.2, -0.15) is 0 Å². The lowest BCUT2D eigenvalue weighted by atomic mass is 10.2. The molecule has 0 aliphatic carbocycles. The molecular weight excluding hydrogens is 241 g/mol. The number of halogens is 1. The molecule has 0 atom stereocenters. The zero-order chi connectivity index (χ0) is 13.1. The lowest BCUT2D eigenvalue weighted by Gasteiger charge is -1.97. The van der Waals surface area contributed by atoms with Crippen molar-refractivity contribution in [3.05, 3.63) is 46.1 Å². The minimum atomic E-state index is -0.701. The Bertz CT molecular complexity index is 583. The summed E-state index contributed by atoms with van der Waals surface area (Å²) in [4.78, 5) is 14.1. The van der Waals surface area contributed by atoms with Crippen molar-refractivity contribution >= 4 is 5.69 Å². The van der Waals surface area contributed by atoms with Crippen LogP contribution in [-0.4, -0.2) is 17.0 Å². The molecule has 0 aliphatic heterocycles. The first kappa shape index (κ1) is 12.2. The van der Waals surface area contributed by atoms with Crippen LogP contribution in [0.15, 0.2) is 28.9 Å². The molecule has 0 unspecified atom stereocenters. The van der Waals surface area contributed by atoms with Gasteiger partial charge < -0.3 is 9.73 Å². The molecule has 1 aromatic carbocycles. The minimum absolute atomic E-state index is 0.155. The number of nitro benzene ring substituents is 1. The van der Waals surface area contributed by atoms with Gasteiger partial charge in [0.15, 0.2) is 0 Å². The summed E-state index contributed by atoms with van der Waals surface area (Å²) in [6.45, 7) is 0.501. The summed E-state index contributed by atoms with van der Waals surface area (Å²) in [6.07, 6.45) is 1.42. The van der Waals surface area contributed by atoms with Crippen LogP contribution in [0, 0.1) is 15.9 Å². The number of hydrogen-bond donors (Lipinski definition) is 1. The third-order valence-corrected chi connectivity index (χ3v) is 2.25. The van der Waals surface area contributed by atoms with Gasteiger partial charge in [0, 0.05) is 18.2 Å². The normalized spacial score (nSPS) is 10.6. The van der Waals surface area contributed by atoms with Crippen molar-refractivity contribution in [2.75, 3.05) is 7.05 Å². The fourth-order valence-corrected chi connectivity index (χ4v) is 1.50. The second-order valence-corrected chi connectivity index (χ2v) is 3.63. The number of nitro groups is 1. The van der Waals surface area contributed by atoms with E-state index < -0.39 is 10.7 Å². The van der Waals surface area contributed by atoms with E-state index in [-0.39, 0.29) is 17.1 Å². The Morgan fingerprint density at radius 1 is 1.50 bits per heavy atom. The van der Waals surface area contributed by atoms with Crippen molar-refractivity contribution in [1.29, 1.82) is 0 Å². The van der Waals surface area contributed by atoms with Gasteiger partial charge in [0.05, 0.1) is 16.7 Å². The SMILES string of the molecule is CNCc1coc(-c2cc(F)cc([N+](=O)[O-])c2)n1. The van der Waals surface area contributed by atoms with E-state index in [1.54, 1.807) is 7.05 Å². The standard InChI is InChI=1S/C11H10FN3O3/c1-13-5-9-6-18-11(14-9)7-2-8(12)4-10(3-7)15(16)17/h2-4,6,13H,5H2,1H3. The van der Waals surface area contributed by atoms with Crippen LogP contribution in [0.1, 0.15) is 5.69 Å². The summed E-state index contributed by atoms with van der Waals surface area (Å²) in [7, 11) is 1.75. The van der Waals surface area contributed by atoms with Gasteiger partial charge in [-0.3, -0.25) is 10.1 Å². The molecule has 0 fully saturated rings. The average Bonchev–Trinajstić information content (AvgIpc) is 2.77. The smallest absolute Gasteiger partial charge is 0.273 e. The molecule has 0 bridgehead atoms. The molecule has 94 valence electrons. The Balaban J connectivity index is 2.39. The van der Waals surface area contributed by atoms with E-state index in [4.69, 9.17) is 4.42 Å². The zero-order valence-electron chi connectivity index (χ0n) is 9.51. The van der Waals surface area contributed by atoms with Crippen LogP contribution in [0.25, 0.3) is 11.5 Å². The molecule has 0 spiro atoms. The number of nitrogens with zero attached hydrogens (tertiary/aromatic N) is 2.